The predicted molar refractivity (Wildman–Crippen MR) is 125 cm³/mol. The molecule has 1 aromatic heterocycles. The van der Waals surface area contributed by atoms with Crippen LogP contribution in [0, 0.1) is 20.8 Å². The van der Waals surface area contributed by atoms with E-state index in [1.165, 1.54) is 54.7 Å². The molecule has 3 aromatic carbocycles. The highest BCUT2D eigenvalue weighted by Crippen LogP contribution is 2.49. The molecule has 0 N–H and O–H groups in total. The maximum absolute atomic E-state index is 6.68. The molecule has 0 bridgehead atoms. The molecule has 0 fully saturated rings. The normalized spacial score (nSPS) is 12.9. The van der Waals surface area contributed by atoms with Crippen molar-refractivity contribution >= 4 is 34.8 Å². The van der Waals surface area contributed by atoms with E-state index in [1.54, 1.807) is 0 Å². The summed E-state index contributed by atoms with van der Waals surface area (Å²) in [6.45, 7) is 13.8. The average Bonchev–Trinajstić information content (AvgIpc) is 2.63. The van der Waals surface area contributed by atoms with Crippen LogP contribution < -0.4 is 14.5 Å². The van der Waals surface area contributed by atoms with Crippen LogP contribution in [0.25, 0.3) is 32.8 Å². The Labute approximate surface area is 173 Å². The molecule has 3 heteroatoms. The second-order valence-electron chi connectivity index (χ2n) is 9.63. The van der Waals surface area contributed by atoms with Gasteiger partial charge in [0.2, 0.25) is 5.75 Å². The third kappa shape index (κ3) is 2.64. The van der Waals surface area contributed by atoms with Gasteiger partial charge in [-0.05, 0) is 55.0 Å². The Hall–Kier alpha value is -2.65. The Morgan fingerprint density at radius 3 is 2.38 bits per heavy atom. The standard InChI is InChI=1S/C26H28NOSi/c1-15-10-19-12-16(2)17(3)23-24(19)22(11-15)28-26-21-13-20(29(5,6)7)9-8-18(21)14-27(4)25(23)26/h8-14H,1-7H3/q+1. The first-order valence-electron chi connectivity index (χ1n) is 10.3. The molecular formula is C26H28NOSi+. The van der Waals surface area contributed by atoms with Crippen molar-refractivity contribution < 1.29 is 9.30 Å². The van der Waals surface area contributed by atoms with Crippen LogP contribution in [0.4, 0.5) is 0 Å². The van der Waals surface area contributed by atoms with Crippen LogP contribution in [0.15, 0.2) is 42.6 Å². The summed E-state index contributed by atoms with van der Waals surface area (Å²) in [4.78, 5) is 0. The fourth-order valence-electron chi connectivity index (χ4n) is 4.66. The zero-order chi connectivity index (χ0) is 20.7. The highest BCUT2D eigenvalue weighted by atomic mass is 28.3. The summed E-state index contributed by atoms with van der Waals surface area (Å²) < 4.78 is 8.93. The number of rotatable bonds is 1. The first-order valence-corrected chi connectivity index (χ1v) is 13.8. The minimum atomic E-state index is -1.42. The molecule has 0 unspecified atom stereocenters. The maximum Gasteiger partial charge on any atom is 0.257 e. The minimum Gasteiger partial charge on any atom is -0.449 e. The number of nitrogens with zero attached hydrogens (tertiary/aromatic N) is 1. The van der Waals surface area contributed by atoms with Crippen LogP contribution in [0.1, 0.15) is 16.7 Å². The molecule has 2 nitrogen and oxygen atoms in total. The van der Waals surface area contributed by atoms with Crippen molar-refractivity contribution in [1.29, 1.82) is 0 Å². The molecule has 29 heavy (non-hydrogen) atoms. The van der Waals surface area contributed by atoms with E-state index in [2.05, 4.69) is 94.6 Å². The van der Waals surface area contributed by atoms with Crippen molar-refractivity contribution in [3.63, 3.8) is 0 Å². The van der Waals surface area contributed by atoms with E-state index in [0.29, 0.717) is 0 Å². The van der Waals surface area contributed by atoms with Gasteiger partial charge >= 0.3 is 0 Å². The van der Waals surface area contributed by atoms with Crippen molar-refractivity contribution in [3.05, 3.63) is 59.3 Å². The third-order valence-corrected chi connectivity index (χ3v) is 8.42. The van der Waals surface area contributed by atoms with Crippen LogP contribution in [0.2, 0.25) is 19.6 Å². The van der Waals surface area contributed by atoms with Crippen molar-refractivity contribution in [2.75, 3.05) is 0 Å². The fraction of sp³-hybridized carbons (Fsp3) is 0.269. The lowest BCUT2D eigenvalue weighted by Gasteiger charge is -2.24. The number of benzene rings is 3. The molecule has 0 amide bonds. The Morgan fingerprint density at radius 2 is 1.66 bits per heavy atom. The van der Waals surface area contributed by atoms with Gasteiger partial charge in [0.15, 0.2) is 6.20 Å². The molecule has 0 spiro atoms. The van der Waals surface area contributed by atoms with E-state index in [4.69, 9.17) is 4.74 Å². The van der Waals surface area contributed by atoms with Crippen molar-refractivity contribution in [3.8, 4) is 22.8 Å². The molecule has 5 rings (SSSR count). The van der Waals surface area contributed by atoms with E-state index in [-0.39, 0.29) is 0 Å². The fourth-order valence-corrected chi connectivity index (χ4v) is 5.82. The lowest BCUT2D eigenvalue weighted by molar-refractivity contribution is -0.659. The first-order chi connectivity index (χ1) is 13.6. The molecule has 4 aromatic rings. The van der Waals surface area contributed by atoms with Gasteiger partial charge in [0.1, 0.15) is 12.8 Å². The largest absolute Gasteiger partial charge is 0.449 e. The van der Waals surface area contributed by atoms with E-state index >= 15 is 0 Å². The summed E-state index contributed by atoms with van der Waals surface area (Å²) in [5, 5.41) is 6.41. The van der Waals surface area contributed by atoms with E-state index in [9.17, 15) is 0 Å². The molecular weight excluding hydrogens is 370 g/mol. The first kappa shape index (κ1) is 18.4. The van der Waals surface area contributed by atoms with Crippen LogP contribution in [0.5, 0.6) is 11.5 Å². The van der Waals surface area contributed by atoms with Crippen LogP contribution >= 0.6 is 0 Å². The van der Waals surface area contributed by atoms with E-state index in [0.717, 1.165) is 11.5 Å². The third-order valence-electron chi connectivity index (χ3n) is 6.38. The Morgan fingerprint density at radius 1 is 0.897 bits per heavy atom. The predicted octanol–water partition coefficient (Wildman–Crippen LogP) is 6.06. The molecule has 0 atom stereocenters. The maximum atomic E-state index is 6.68. The van der Waals surface area contributed by atoms with Gasteiger partial charge in [-0.2, -0.15) is 4.57 Å². The minimum absolute atomic E-state index is 0.983. The number of fused-ring (bicyclic) bond motifs is 4. The average molecular weight is 399 g/mol. The summed E-state index contributed by atoms with van der Waals surface area (Å²) in [7, 11) is 0.719. The second kappa shape index (κ2) is 5.93. The molecule has 0 saturated carbocycles. The van der Waals surface area contributed by atoms with Gasteiger partial charge in [0, 0.05) is 16.2 Å². The zero-order valence-corrected chi connectivity index (χ0v) is 19.4. The summed E-state index contributed by atoms with van der Waals surface area (Å²) in [5.41, 5.74) is 6.40. The summed E-state index contributed by atoms with van der Waals surface area (Å²) >= 11 is 0. The van der Waals surface area contributed by atoms with Crippen molar-refractivity contribution in [2.24, 2.45) is 7.05 Å². The molecule has 146 valence electrons. The lowest BCUT2D eigenvalue weighted by Crippen LogP contribution is -2.37. The van der Waals surface area contributed by atoms with Gasteiger partial charge < -0.3 is 4.74 Å². The highest BCUT2D eigenvalue weighted by molar-refractivity contribution is 6.88. The molecule has 2 heterocycles. The number of pyridine rings is 1. The molecule has 0 radical (unpaired) electrons. The van der Waals surface area contributed by atoms with Gasteiger partial charge in [-0.1, -0.05) is 49.1 Å². The Kier molecular flexibility index (Phi) is 3.76. The van der Waals surface area contributed by atoms with Gasteiger partial charge in [-0.15, -0.1) is 0 Å². The molecule has 1 aliphatic heterocycles. The van der Waals surface area contributed by atoms with Crippen LogP contribution in [0.3, 0.4) is 0 Å². The van der Waals surface area contributed by atoms with Crippen LogP contribution in [-0.2, 0) is 7.05 Å². The smallest absolute Gasteiger partial charge is 0.257 e. The van der Waals surface area contributed by atoms with Crippen LogP contribution in [-0.4, -0.2) is 8.07 Å². The number of ether oxygens (including phenoxy) is 1. The van der Waals surface area contributed by atoms with Gasteiger partial charge in [0.25, 0.3) is 5.69 Å². The highest BCUT2D eigenvalue weighted by Gasteiger charge is 2.32. The van der Waals surface area contributed by atoms with Gasteiger partial charge in [0.05, 0.1) is 13.6 Å². The molecule has 1 aliphatic rings. The topological polar surface area (TPSA) is 13.1 Å². The number of hydrogen-bond acceptors (Lipinski definition) is 1. The summed E-state index contributed by atoms with van der Waals surface area (Å²) in [5.74, 6) is 1.98. The monoisotopic (exact) mass is 398 g/mol. The Bertz CT molecular complexity index is 1350. The van der Waals surface area contributed by atoms with E-state index < -0.39 is 8.07 Å². The van der Waals surface area contributed by atoms with E-state index in [1.807, 2.05) is 0 Å². The number of aromatic nitrogens is 1. The second-order valence-corrected chi connectivity index (χ2v) is 14.7. The van der Waals surface area contributed by atoms with Gasteiger partial charge in [-0.3, -0.25) is 0 Å². The summed E-state index contributed by atoms with van der Waals surface area (Å²) in [6, 6.07) is 13.7. The van der Waals surface area contributed by atoms with Crippen molar-refractivity contribution in [2.45, 2.75) is 40.4 Å². The quantitative estimate of drug-likeness (QED) is 0.247. The van der Waals surface area contributed by atoms with Gasteiger partial charge in [-0.25, -0.2) is 0 Å². The summed E-state index contributed by atoms with van der Waals surface area (Å²) in [6.07, 6.45) is 2.25. The lowest BCUT2D eigenvalue weighted by atomic mass is 9.89. The van der Waals surface area contributed by atoms with Crippen molar-refractivity contribution in [1.82, 2.24) is 0 Å². The number of aryl methyl sites for hydroxylation is 3. The number of hydrogen-bond donors (Lipinski definition) is 0. The Balaban J connectivity index is 1.97. The zero-order valence-electron chi connectivity index (χ0n) is 18.4. The molecule has 0 saturated heterocycles. The SMILES string of the molecule is Cc1cc2c3c(c(C)c(C)cc3c1)-c1c(c3cc([Si](C)(C)C)ccc3c[n+]1C)O2. The molecule has 0 aliphatic carbocycles.